The summed E-state index contributed by atoms with van der Waals surface area (Å²) in [5.74, 6) is -0.0562. The highest BCUT2D eigenvalue weighted by Gasteiger charge is 2.16. The van der Waals surface area contributed by atoms with Gasteiger partial charge in [-0.3, -0.25) is 9.69 Å². The predicted octanol–water partition coefficient (Wildman–Crippen LogP) is 3.67. The van der Waals surface area contributed by atoms with Gasteiger partial charge >= 0.3 is 5.97 Å². The smallest absolute Gasteiger partial charge is 0.309 e. The SMILES string of the molecule is CC1CCCN(Cc2cccc(-c3nc(CC(=O)O)cs3)c2)C1. The Bertz CT molecular complexity index is 683. The molecule has 0 spiro atoms. The number of nitrogens with zero attached hydrogens (tertiary/aromatic N) is 2. The number of aromatic nitrogens is 1. The Labute approximate surface area is 140 Å². The van der Waals surface area contributed by atoms with Crippen molar-refractivity contribution >= 4 is 17.3 Å². The molecule has 1 aliphatic rings. The van der Waals surface area contributed by atoms with Gasteiger partial charge in [-0.1, -0.05) is 25.1 Å². The summed E-state index contributed by atoms with van der Waals surface area (Å²) in [4.78, 5) is 17.7. The van der Waals surface area contributed by atoms with E-state index in [-0.39, 0.29) is 6.42 Å². The molecular weight excluding hydrogens is 308 g/mol. The highest BCUT2D eigenvalue weighted by atomic mass is 32.1. The molecule has 1 atom stereocenters. The second kappa shape index (κ2) is 7.23. The molecule has 0 amide bonds. The molecule has 1 N–H and O–H groups in total. The Kier molecular flexibility index (Phi) is 5.08. The summed E-state index contributed by atoms with van der Waals surface area (Å²) < 4.78 is 0. The largest absolute Gasteiger partial charge is 0.481 e. The number of piperidine rings is 1. The van der Waals surface area contributed by atoms with Gasteiger partial charge in [-0.05, 0) is 36.9 Å². The third kappa shape index (κ3) is 4.39. The summed E-state index contributed by atoms with van der Waals surface area (Å²) in [5.41, 5.74) is 3.01. The van der Waals surface area contributed by atoms with Crippen LogP contribution in [0.1, 0.15) is 31.0 Å². The second-order valence-electron chi connectivity index (χ2n) is 6.40. The van der Waals surface area contributed by atoms with E-state index in [1.165, 1.54) is 42.8 Å². The fourth-order valence-electron chi connectivity index (χ4n) is 3.17. The number of rotatable bonds is 5. The first kappa shape index (κ1) is 16.1. The van der Waals surface area contributed by atoms with Gasteiger partial charge in [0.15, 0.2) is 0 Å². The van der Waals surface area contributed by atoms with Crippen LogP contribution in [0.25, 0.3) is 10.6 Å². The molecule has 2 aromatic rings. The lowest BCUT2D eigenvalue weighted by Crippen LogP contribution is -2.33. The van der Waals surface area contributed by atoms with Crippen LogP contribution in [0.4, 0.5) is 0 Å². The first-order valence-electron chi connectivity index (χ1n) is 8.08. The van der Waals surface area contributed by atoms with Crippen LogP contribution in [0.5, 0.6) is 0 Å². The summed E-state index contributed by atoms with van der Waals surface area (Å²) in [6.07, 6.45) is 2.61. The first-order valence-corrected chi connectivity index (χ1v) is 8.96. The van der Waals surface area contributed by atoms with Gasteiger partial charge in [0, 0.05) is 24.0 Å². The first-order chi connectivity index (χ1) is 11.1. The fourth-order valence-corrected chi connectivity index (χ4v) is 3.98. The maximum Gasteiger partial charge on any atom is 0.309 e. The van der Waals surface area contributed by atoms with Gasteiger partial charge in [0.2, 0.25) is 0 Å². The average molecular weight is 330 g/mol. The molecule has 0 aliphatic carbocycles. The van der Waals surface area contributed by atoms with Gasteiger partial charge in [0.25, 0.3) is 0 Å². The van der Waals surface area contributed by atoms with Crippen LogP contribution < -0.4 is 0 Å². The van der Waals surface area contributed by atoms with Crippen molar-refractivity contribution in [3.05, 3.63) is 40.9 Å². The maximum absolute atomic E-state index is 10.8. The van der Waals surface area contributed by atoms with Crippen molar-refractivity contribution in [1.82, 2.24) is 9.88 Å². The Morgan fingerprint density at radius 3 is 3.13 bits per heavy atom. The number of likely N-dealkylation sites (tertiary alicyclic amines) is 1. The minimum absolute atomic E-state index is 0.0120. The minimum Gasteiger partial charge on any atom is -0.481 e. The molecule has 0 bridgehead atoms. The summed E-state index contributed by atoms with van der Waals surface area (Å²) in [6.45, 7) is 5.65. The maximum atomic E-state index is 10.8. The lowest BCUT2D eigenvalue weighted by molar-refractivity contribution is -0.136. The number of carboxylic acids is 1. The molecule has 1 aromatic heterocycles. The summed E-state index contributed by atoms with van der Waals surface area (Å²) in [7, 11) is 0. The zero-order valence-electron chi connectivity index (χ0n) is 13.4. The van der Waals surface area contributed by atoms with E-state index >= 15 is 0 Å². The molecule has 122 valence electrons. The molecule has 5 heteroatoms. The number of aliphatic carboxylic acids is 1. The van der Waals surface area contributed by atoms with E-state index in [2.05, 4.69) is 35.0 Å². The zero-order chi connectivity index (χ0) is 16.2. The fraction of sp³-hybridized carbons (Fsp3) is 0.444. The number of thiazole rings is 1. The van der Waals surface area contributed by atoms with Crippen LogP contribution in [0.15, 0.2) is 29.6 Å². The van der Waals surface area contributed by atoms with Gasteiger partial charge < -0.3 is 5.11 Å². The average Bonchev–Trinajstić information content (AvgIpc) is 2.95. The van der Waals surface area contributed by atoms with Gasteiger partial charge in [-0.2, -0.15) is 0 Å². The lowest BCUT2D eigenvalue weighted by atomic mass is 9.99. The van der Waals surface area contributed by atoms with Gasteiger partial charge in [0.1, 0.15) is 5.01 Å². The van der Waals surface area contributed by atoms with E-state index in [1.807, 2.05) is 11.4 Å². The highest BCUT2D eigenvalue weighted by Crippen LogP contribution is 2.26. The Balaban J connectivity index is 1.71. The molecule has 1 saturated heterocycles. The van der Waals surface area contributed by atoms with Crippen molar-refractivity contribution < 1.29 is 9.90 Å². The molecule has 0 saturated carbocycles. The van der Waals surface area contributed by atoms with Crippen molar-refractivity contribution in [2.75, 3.05) is 13.1 Å². The Morgan fingerprint density at radius 1 is 1.48 bits per heavy atom. The molecule has 23 heavy (non-hydrogen) atoms. The predicted molar refractivity (Wildman–Crippen MR) is 92.6 cm³/mol. The van der Waals surface area contributed by atoms with Gasteiger partial charge in [-0.15, -0.1) is 11.3 Å². The van der Waals surface area contributed by atoms with E-state index in [0.717, 1.165) is 23.0 Å². The van der Waals surface area contributed by atoms with Crippen molar-refractivity contribution in [2.24, 2.45) is 5.92 Å². The highest BCUT2D eigenvalue weighted by molar-refractivity contribution is 7.13. The van der Waals surface area contributed by atoms with Gasteiger partial charge in [0.05, 0.1) is 12.1 Å². The molecule has 4 nitrogen and oxygen atoms in total. The zero-order valence-corrected chi connectivity index (χ0v) is 14.2. The van der Waals surface area contributed by atoms with E-state index in [1.54, 1.807) is 0 Å². The third-order valence-electron chi connectivity index (χ3n) is 4.21. The number of hydrogen-bond acceptors (Lipinski definition) is 4. The van der Waals surface area contributed by atoms with Gasteiger partial charge in [-0.25, -0.2) is 4.98 Å². The van der Waals surface area contributed by atoms with Crippen molar-refractivity contribution in [1.29, 1.82) is 0 Å². The molecule has 1 aliphatic heterocycles. The van der Waals surface area contributed by atoms with E-state index in [9.17, 15) is 4.79 Å². The molecular formula is C18H22N2O2S. The normalized spacial score (nSPS) is 18.9. The topological polar surface area (TPSA) is 53.4 Å². The van der Waals surface area contributed by atoms with Crippen molar-refractivity contribution in [3.8, 4) is 10.6 Å². The van der Waals surface area contributed by atoms with E-state index in [4.69, 9.17) is 5.11 Å². The van der Waals surface area contributed by atoms with E-state index < -0.39 is 5.97 Å². The number of carboxylic acid groups (broad SMARTS) is 1. The molecule has 1 fully saturated rings. The van der Waals surface area contributed by atoms with Crippen LogP contribution in [-0.2, 0) is 17.8 Å². The minimum atomic E-state index is -0.838. The summed E-state index contributed by atoms with van der Waals surface area (Å²) in [6, 6.07) is 8.46. The quantitative estimate of drug-likeness (QED) is 0.909. The Morgan fingerprint density at radius 2 is 2.35 bits per heavy atom. The molecule has 0 radical (unpaired) electrons. The standard InChI is InChI=1S/C18H22N2O2S/c1-13-4-3-7-20(10-13)11-14-5-2-6-15(8-14)18-19-16(12-23-18)9-17(21)22/h2,5-6,8,12-13H,3-4,7,9-11H2,1H3,(H,21,22). The second-order valence-corrected chi connectivity index (χ2v) is 7.26. The van der Waals surface area contributed by atoms with E-state index in [0.29, 0.717) is 5.69 Å². The molecule has 1 unspecified atom stereocenters. The molecule has 1 aromatic carbocycles. The van der Waals surface area contributed by atoms with Crippen LogP contribution in [0, 0.1) is 5.92 Å². The van der Waals surface area contributed by atoms with Crippen molar-refractivity contribution in [3.63, 3.8) is 0 Å². The number of carbonyl (C=O) groups is 1. The van der Waals surface area contributed by atoms with Crippen LogP contribution >= 0.6 is 11.3 Å². The molecule has 2 heterocycles. The summed E-state index contributed by atoms with van der Waals surface area (Å²) in [5, 5.41) is 11.6. The van der Waals surface area contributed by atoms with Crippen molar-refractivity contribution in [2.45, 2.75) is 32.7 Å². The third-order valence-corrected chi connectivity index (χ3v) is 5.15. The number of benzene rings is 1. The lowest BCUT2D eigenvalue weighted by Gasteiger charge is -2.30. The molecule has 3 rings (SSSR count). The Hall–Kier alpha value is -1.72. The van der Waals surface area contributed by atoms with Crippen LogP contribution in [0.3, 0.4) is 0 Å². The van der Waals surface area contributed by atoms with Crippen LogP contribution in [0.2, 0.25) is 0 Å². The number of hydrogen-bond donors (Lipinski definition) is 1. The van der Waals surface area contributed by atoms with Crippen LogP contribution in [-0.4, -0.2) is 34.0 Å². The monoisotopic (exact) mass is 330 g/mol. The summed E-state index contributed by atoms with van der Waals surface area (Å²) >= 11 is 1.51.